The van der Waals surface area contributed by atoms with Gasteiger partial charge in [0.2, 0.25) is 15.0 Å². The van der Waals surface area contributed by atoms with Gasteiger partial charge in [-0.05, 0) is 62.6 Å². The van der Waals surface area contributed by atoms with Crippen molar-refractivity contribution >= 4 is 38.5 Å². The smallest absolute Gasteiger partial charge is 0.268 e. The molecule has 0 bridgehead atoms. The molecule has 2 aromatic heterocycles. The summed E-state index contributed by atoms with van der Waals surface area (Å²) in [4.78, 5) is 16.5. The summed E-state index contributed by atoms with van der Waals surface area (Å²) in [6.07, 6.45) is 1.52. The lowest BCUT2D eigenvalue weighted by Gasteiger charge is -2.14. The standard InChI is InChI=1S/C22H23N5O3S2/c1-6-32(29,30)22-25-21(31-26-22)24-20(28)18(12-23)11-17-10-14(3)27(16(17)5)19-9-7-8-13(2)15(19)4/h7-11H,6H2,1-5H3,(H,24,25,26,28)/b18-11-. The van der Waals surface area contributed by atoms with E-state index in [9.17, 15) is 18.5 Å². The first-order valence-electron chi connectivity index (χ1n) is 9.84. The number of nitrogens with one attached hydrogen (secondary N) is 1. The van der Waals surface area contributed by atoms with Crippen molar-refractivity contribution in [3.63, 3.8) is 0 Å². The Hall–Kier alpha value is -3.29. The Morgan fingerprint density at radius 2 is 2.00 bits per heavy atom. The first-order valence-corrected chi connectivity index (χ1v) is 12.3. The molecule has 0 unspecified atom stereocenters. The normalized spacial score (nSPS) is 11.9. The van der Waals surface area contributed by atoms with E-state index in [4.69, 9.17) is 0 Å². The minimum absolute atomic E-state index is 0.0176. The summed E-state index contributed by atoms with van der Waals surface area (Å²) in [5.74, 6) is -0.822. The minimum atomic E-state index is -3.57. The Labute approximate surface area is 191 Å². The molecule has 3 rings (SSSR count). The number of benzene rings is 1. The molecule has 1 amide bonds. The maximum Gasteiger partial charge on any atom is 0.268 e. The van der Waals surface area contributed by atoms with Crippen LogP contribution in [-0.4, -0.2) is 34.0 Å². The topological polar surface area (TPSA) is 118 Å². The second-order valence-corrected chi connectivity index (χ2v) is 10.2. The Morgan fingerprint density at radius 1 is 1.28 bits per heavy atom. The van der Waals surface area contributed by atoms with Gasteiger partial charge in [-0.2, -0.15) is 14.6 Å². The molecule has 2 heterocycles. The van der Waals surface area contributed by atoms with Crippen molar-refractivity contribution in [2.75, 3.05) is 11.1 Å². The van der Waals surface area contributed by atoms with Gasteiger partial charge in [-0.1, -0.05) is 19.1 Å². The number of anilines is 1. The van der Waals surface area contributed by atoms with Gasteiger partial charge >= 0.3 is 0 Å². The van der Waals surface area contributed by atoms with E-state index in [0.29, 0.717) is 0 Å². The number of nitrogens with zero attached hydrogens (tertiary/aromatic N) is 4. The van der Waals surface area contributed by atoms with Gasteiger partial charge in [-0.25, -0.2) is 8.42 Å². The van der Waals surface area contributed by atoms with E-state index < -0.39 is 15.7 Å². The predicted octanol–water partition coefficient (Wildman–Crippen LogP) is 3.90. The van der Waals surface area contributed by atoms with Crippen LogP contribution in [0, 0.1) is 39.0 Å². The third kappa shape index (κ3) is 4.49. The van der Waals surface area contributed by atoms with Gasteiger partial charge in [0.05, 0.1) is 5.75 Å². The van der Waals surface area contributed by atoms with E-state index in [1.165, 1.54) is 18.6 Å². The van der Waals surface area contributed by atoms with Crippen LogP contribution >= 0.6 is 11.5 Å². The summed E-state index contributed by atoms with van der Waals surface area (Å²) in [6.45, 7) is 9.49. The number of carbonyl (C=O) groups excluding carboxylic acids is 1. The van der Waals surface area contributed by atoms with Crippen molar-refractivity contribution in [3.8, 4) is 11.8 Å². The van der Waals surface area contributed by atoms with Gasteiger partial charge in [0.15, 0.2) is 0 Å². The molecule has 0 atom stereocenters. The van der Waals surface area contributed by atoms with Crippen LogP contribution in [0.25, 0.3) is 11.8 Å². The average Bonchev–Trinajstić information content (AvgIpc) is 3.33. The second kappa shape index (κ2) is 9.06. The summed E-state index contributed by atoms with van der Waals surface area (Å²) in [6, 6.07) is 9.91. The van der Waals surface area contributed by atoms with Crippen molar-refractivity contribution in [1.29, 1.82) is 5.26 Å². The van der Waals surface area contributed by atoms with Gasteiger partial charge in [0, 0.05) is 28.6 Å². The zero-order valence-corrected chi connectivity index (χ0v) is 20.1. The Morgan fingerprint density at radius 3 is 2.66 bits per heavy atom. The predicted molar refractivity (Wildman–Crippen MR) is 125 cm³/mol. The number of amides is 1. The lowest BCUT2D eigenvalue weighted by atomic mass is 10.1. The minimum Gasteiger partial charge on any atom is -0.318 e. The monoisotopic (exact) mass is 469 g/mol. The second-order valence-electron chi connectivity index (χ2n) is 7.29. The molecule has 0 saturated carbocycles. The molecule has 10 heteroatoms. The fourth-order valence-electron chi connectivity index (χ4n) is 3.27. The first kappa shape index (κ1) is 23.4. The molecule has 0 aliphatic heterocycles. The molecule has 8 nitrogen and oxygen atoms in total. The van der Waals surface area contributed by atoms with Gasteiger partial charge in [-0.15, -0.1) is 0 Å². The lowest BCUT2D eigenvalue weighted by molar-refractivity contribution is -0.112. The number of hydrogen-bond acceptors (Lipinski definition) is 7. The molecular formula is C22H23N5O3S2. The Balaban J connectivity index is 1.93. The fraction of sp³-hybridized carbons (Fsp3) is 0.273. The zero-order valence-electron chi connectivity index (χ0n) is 18.4. The summed E-state index contributed by atoms with van der Waals surface area (Å²) in [5.41, 5.74) is 5.84. The lowest BCUT2D eigenvalue weighted by Crippen LogP contribution is -2.14. The number of rotatable bonds is 6. The highest BCUT2D eigenvalue weighted by Gasteiger charge is 2.20. The van der Waals surface area contributed by atoms with E-state index in [2.05, 4.69) is 39.2 Å². The molecule has 0 radical (unpaired) electrons. The van der Waals surface area contributed by atoms with Gasteiger partial charge in [0.25, 0.3) is 11.1 Å². The highest BCUT2D eigenvalue weighted by molar-refractivity contribution is 7.91. The van der Waals surface area contributed by atoms with Crippen LogP contribution in [-0.2, 0) is 14.6 Å². The molecule has 0 saturated heterocycles. The Kier molecular flexibility index (Phi) is 6.62. The third-order valence-electron chi connectivity index (χ3n) is 5.24. The number of sulfone groups is 1. The van der Waals surface area contributed by atoms with Crippen LogP contribution in [0.15, 0.2) is 35.0 Å². The van der Waals surface area contributed by atoms with Crippen molar-refractivity contribution < 1.29 is 13.2 Å². The molecule has 32 heavy (non-hydrogen) atoms. The van der Waals surface area contributed by atoms with Crippen LogP contribution < -0.4 is 5.32 Å². The van der Waals surface area contributed by atoms with E-state index in [1.54, 1.807) is 0 Å². The molecular weight excluding hydrogens is 446 g/mol. The number of aromatic nitrogens is 3. The van der Waals surface area contributed by atoms with E-state index in [-0.39, 0.29) is 21.6 Å². The van der Waals surface area contributed by atoms with E-state index in [1.807, 2.05) is 38.1 Å². The van der Waals surface area contributed by atoms with Crippen LogP contribution in [0.3, 0.4) is 0 Å². The molecule has 3 aromatic rings. The van der Waals surface area contributed by atoms with Crippen molar-refractivity contribution in [1.82, 2.24) is 13.9 Å². The van der Waals surface area contributed by atoms with Crippen molar-refractivity contribution in [2.24, 2.45) is 0 Å². The summed E-state index contributed by atoms with van der Waals surface area (Å²) in [7, 11) is -3.57. The molecule has 0 spiro atoms. The van der Waals surface area contributed by atoms with Crippen LogP contribution in [0.1, 0.15) is 35.0 Å². The molecule has 0 aliphatic rings. The molecule has 0 aliphatic carbocycles. The van der Waals surface area contributed by atoms with E-state index in [0.717, 1.165) is 39.7 Å². The average molecular weight is 470 g/mol. The number of nitriles is 1. The Bertz CT molecular complexity index is 1370. The van der Waals surface area contributed by atoms with Gasteiger partial charge in [-0.3, -0.25) is 10.1 Å². The molecule has 1 aromatic carbocycles. The van der Waals surface area contributed by atoms with E-state index >= 15 is 0 Å². The SMILES string of the molecule is CCS(=O)(=O)c1nsc(NC(=O)/C(C#N)=C\c2cc(C)n(-c3cccc(C)c3C)c2C)n1. The number of hydrogen-bond donors (Lipinski definition) is 1. The van der Waals surface area contributed by atoms with Crippen LogP contribution in [0.4, 0.5) is 5.13 Å². The summed E-state index contributed by atoms with van der Waals surface area (Å²) >= 11 is 0.751. The molecule has 0 fully saturated rings. The zero-order chi connectivity index (χ0) is 23.6. The quantitative estimate of drug-likeness (QED) is 0.432. The summed E-state index contributed by atoms with van der Waals surface area (Å²) < 4.78 is 29.6. The van der Waals surface area contributed by atoms with Gasteiger partial charge < -0.3 is 4.57 Å². The maximum absolute atomic E-state index is 12.6. The highest BCUT2D eigenvalue weighted by atomic mass is 32.2. The molecule has 166 valence electrons. The largest absolute Gasteiger partial charge is 0.318 e. The van der Waals surface area contributed by atoms with Crippen molar-refractivity contribution in [2.45, 2.75) is 39.8 Å². The third-order valence-corrected chi connectivity index (χ3v) is 7.48. The van der Waals surface area contributed by atoms with Crippen LogP contribution in [0.2, 0.25) is 0 Å². The maximum atomic E-state index is 12.6. The number of carbonyl (C=O) groups is 1. The van der Waals surface area contributed by atoms with Crippen molar-refractivity contribution in [3.05, 3.63) is 57.9 Å². The summed E-state index contributed by atoms with van der Waals surface area (Å²) in [5, 5.41) is 11.7. The first-order chi connectivity index (χ1) is 15.1. The molecule has 1 N–H and O–H groups in total. The van der Waals surface area contributed by atoms with Gasteiger partial charge in [0.1, 0.15) is 11.6 Å². The van der Waals surface area contributed by atoms with Crippen LogP contribution in [0.5, 0.6) is 0 Å². The highest BCUT2D eigenvalue weighted by Crippen LogP contribution is 2.26. The fourth-order valence-corrected chi connectivity index (χ4v) is 4.85. The number of aryl methyl sites for hydroxylation is 2.